The SMILES string of the molecule is CCOC(=O)N1CCN(C(=O)CCN2Cc3ccccc3O[C@H](C)C2)CC1. The number of para-hydroxylation sites is 1. The van der Waals surface area contributed by atoms with E-state index in [0.717, 1.165) is 24.4 Å². The number of amides is 2. The van der Waals surface area contributed by atoms with Crippen LogP contribution >= 0.6 is 0 Å². The Kier molecular flexibility index (Phi) is 6.55. The molecule has 1 fully saturated rings. The molecule has 1 saturated heterocycles. The van der Waals surface area contributed by atoms with Crippen molar-refractivity contribution in [3.05, 3.63) is 29.8 Å². The number of benzene rings is 1. The zero-order chi connectivity index (χ0) is 19.2. The summed E-state index contributed by atoms with van der Waals surface area (Å²) >= 11 is 0. The standard InChI is InChI=1S/C20H29N3O4/c1-3-26-20(25)23-12-10-22(11-13-23)19(24)8-9-21-14-16(2)27-18-7-5-4-6-17(18)15-21/h4-7,16H,3,8-15H2,1-2H3/t16-/m1/s1. The van der Waals surface area contributed by atoms with Crippen molar-refractivity contribution < 1.29 is 19.1 Å². The number of piperazine rings is 1. The van der Waals surface area contributed by atoms with Crippen LogP contribution in [0.2, 0.25) is 0 Å². The van der Waals surface area contributed by atoms with Gasteiger partial charge in [-0.2, -0.15) is 0 Å². The van der Waals surface area contributed by atoms with E-state index in [0.29, 0.717) is 45.8 Å². The van der Waals surface area contributed by atoms with Crippen molar-refractivity contribution in [3.8, 4) is 5.75 Å². The summed E-state index contributed by atoms with van der Waals surface area (Å²) < 4.78 is 11.0. The lowest BCUT2D eigenvalue weighted by Crippen LogP contribution is -2.51. The molecule has 148 valence electrons. The van der Waals surface area contributed by atoms with Gasteiger partial charge in [-0.1, -0.05) is 18.2 Å². The molecule has 0 aromatic heterocycles. The average Bonchev–Trinajstić information content (AvgIpc) is 2.83. The van der Waals surface area contributed by atoms with Crippen LogP contribution in [-0.2, 0) is 16.1 Å². The molecule has 0 aliphatic carbocycles. The molecule has 0 unspecified atom stereocenters. The Labute approximate surface area is 160 Å². The fraction of sp³-hybridized carbons (Fsp3) is 0.600. The maximum Gasteiger partial charge on any atom is 0.409 e. The first-order valence-corrected chi connectivity index (χ1v) is 9.73. The maximum absolute atomic E-state index is 12.6. The highest BCUT2D eigenvalue weighted by Gasteiger charge is 2.26. The van der Waals surface area contributed by atoms with Gasteiger partial charge < -0.3 is 19.3 Å². The fourth-order valence-electron chi connectivity index (χ4n) is 3.61. The first-order valence-electron chi connectivity index (χ1n) is 9.73. The highest BCUT2D eigenvalue weighted by atomic mass is 16.6. The molecule has 2 aliphatic rings. The Hall–Kier alpha value is -2.28. The summed E-state index contributed by atoms with van der Waals surface area (Å²) in [7, 11) is 0. The number of nitrogens with zero attached hydrogens (tertiary/aromatic N) is 3. The highest BCUT2D eigenvalue weighted by molar-refractivity contribution is 5.77. The molecule has 0 saturated carbocycles. The molecule has 1 aromatic rings. The van der Waals surface area contributed by atoms with Crippen LogP contribution < -0.4 is 4.74 Å². The van der Waals surface area contributed by atoms with Crippen LogP contribution in [0.5, 0.6) is 5.75 Å². The molecule has 7 nitrogen and oxygen atoms in total. The van der Waals surface area contributed by atoms with Gasteiger partial charge >= 0.3 is 6.09 Å². The first-order chi connectivity index (χ1) is 13.1. The van der Waals surface area contributed by atoms with Crippen molar-refractivity contribution in [2.24, 2.45) is 0 Å². The van der Waals surface area contributed by atoms with Crippen LogP contribution in [0.25, 0.3) is 0 Å². The summed E-state index contributed by atoms with van der Waals surface area (Å²) in [6, 6.07) is 8.09. The minimum Gasteiger partial charge on any atom is -0.489 e. The quantitative estimate of drug-likeness (QED) is 0.805. The molecule has 3 rings (SSSR count). The Morgan fingerprint density at radius 3 is 2.59 bits per heavy atom. The normalized spacial score (nSPS) is 20.4. The van der Waals surface area contributed by atoms with E-state index in [-0.39, 0.29) is 18.1 Å². The van der Waals surface area contributed by atoms with E-state index in [1.165, 1.54) is 0 Å². The number of rotatable bonds is 4. The third-order valence-electron chi connectivity index (χ3n) is 5.01. The van der Waals surface area contributed by atoms with E-state index in [1.807, 2.05) is 23.1 Å². The van der Waals surface area contributed by atoms with Crippen molar-refractivity contribution in [1.82, 2.24) is 14.7 Å². The van der Waals surface area contributed by atoms with Crippen LogP contribution in [0.4, 0.5) is 4.79 Å². The fourth-order valence-corrected chi connectivity index (χ4v) is 3.61. The lowest BCUT2D eigenvalue weighted by molar-refractivity contribution is -0.133. The number of carbonyl (C=O) groups excluding carboxylic acids is 2. The smallest absolute Gasteiger partial charge is 0.409 e. The number of ether oxygens (including phenoxy) is 2. The summed E-state index contributed by atoms with van der Waals surface area (Å²) in [4.78, 5) is 30.1. The summed E-state index contributed by atoms with van der Waals surface area (Å²) in [5, 5.41) is 0. The number of hydrogen-bond donors (Lipinski definition) is 0. The summed E-state index contributed by atoms with van der Waals surface area (Å²) in [5.41, 5.74) is 1.16. The summed E-state index contributed by atoms with van der Waals surface area (Å²) in [6.07, 6.45) is 0.285. The van der Waals surface area contributed by atoms with E-state index in [2.05, 4.69) is 17.9 Å². The van der Waals surface area contributed by atoms with Gasteiger partial charge in [-0.25, -0.2) is 4.79 Å². The van der Waals surface area contributed by atoms with Gasteiger partial charge in [-0.15, -0.1) is 0 Å². The molecule has 0 radical (unpaired) electrons. The Bertz CT molecular complexity index is 658. The minimum atomic E-state index is -0.290. The van der Waals surface area contributed by atoms with Gasteiger partial charge in [0.25, 0.3) is 0 Å². The van der Waals surface area contributed by atoms with Crippen molar-refractivity contribution in [3.63, 3.8) is 0 Å². The highest BCUT2D eigenvalue weighted by Crippen LogP contribution is 2.24. The first kappa shape index (κ1) is 19.5. The maximum atomic E-state index is 12.6. The Balaban J connectivity index is 1.47. The van der Waals surface area contributed by atoms with E-state index >= 15 is 0 Å². The molecule has 2 heterocycles. The van der Waals surface area contributed by atoms with Crippen LogP contribution in [0, 0.1) is 0 Å². The number of carbonyl (C=O) groups is 2. The largest absolute Gasteiger partial charge is 0.489 e. The van der Waals surface area contributed by atoms with Crippen molar-refractivity contribution in [2.75, 3.05) is 45.9 Å². The monoisotopic (exact) mass is 375 g/mol. The minimum absolute atomic E-state index is 0.0943. The van der Waals surface area contributed by atoms with Crippen molar-refractivity contribution >= 4 is 12.0 Å². The third kappa shape index (κ3) is 5.13. The van der Waals surface area contributed by atoms with Gasteiger partial charge in [-0.3, -0.25) is 9.69 Å². The zero-order valence-electron chi connectivity index (χ0n) is 16.2. The summed E-state index contributed by atoms with van der Waals surface area (Å²) in [6.45, 7) is 8.75. The van der Waals surface area contributed by atoms with Crippen LogP contribution in [0.1, 0.15) is 25.8 Å². The Morgan fingerprint density at radius 1 is 1.15 bits per heavy atom. The van der Waals surface area contributed by atoms with E-state index in [9.17, 15) is 9.59 Å². The molecule has 7 heteroatoms. The molecule has 2 amide bonds. The van der Waals surface area contributed by atoms with E-state index < -0.39 is 0 Å². The molecule has 0 bridgehead atoms. The molecule has 27 heavy (non-hydrogen) atoms. The second-order valence-corrected chi connectivity index (χ2v) is 7.09. The second-order valence-electron chi connectivity index (χ2n) is 7.09. The number of hydrogen-bond acceptors (Lipinski definition) is 5. The third-order valence-corrected chi connectivity index (χ3v) is 5.01. The lowest BCUT2D eigenvalue weighted by atomic mass is 10.2. The average molecular weight is 375 g/mol. The molecular weight excluding hydrogens is 346 g/mol. The van der Waals surface area contributed by atoms with Crippen LogP contribution in [0.3, 0.4) is 0 Å². The van der Waals surface area contributed by atoms with E-state index in [1.54, 1.807) is 11.8 Å². The van der Waals surface area contributed by atoms with Crippen LogP contribution in [0.15, 0.2) is 24.3 Å². The van der Waals surface area contributed by atoms with Gasteiger partial charge in [0.1, 0.15) is 11.9 Å². The second kappa shape index (κ2) is 9.08. The van der Waals surface area contributed by atoms with Gasteiger partial charge in [-0.05, 0) is 19.9 Å². The number of fused-ring (bicyclic) bond motifs is 1. The Morgan fingerprint density at radius 2 is 1.85 bits per heavy atom. The van der Waals surface area contributed by atoms with Gasteiger partial charge in [0.15, 0.2) is 0 Å². The molecule has 1 aromatic carbocycles. The topological polar surface area (TPSA) is 62.3 Å². The molecule has 2 aliphatic heterocycles. The molecule has 0 N–H and O–H groups in total. The van der Waals surface area contributed by atoms with Crippen molar-refractivity contribution in [1.29, 1.82) is 0 Å². The van der Waals surface area contributed by atoms with Gasteiger partial charge in [0, 0.05) is 57.8 Å². The van der Waals surface area contributed by atoms with E-state index in [4.69, 9.17) is 9.47 Å². The predicted octanol–water partition coefficient (Wildman–Crippen LogP) is 1.96. The van der Waals surface area contributed by atoms with Gasteiger partial charge in [0.05, 0.1) is 6.61 Å². The van der Waals surface area contributed by atoms with Crippen molar-refractivity contribution in [2.45, 2.75) is 32.9 Å². The molecular formula is C20H29N3O4. The van der Waals surface area contributed by atoms with Gasteiger partial charge in [0.2, 0.25) is 5.91 Å². The molecule has 0 spiro atoms. The lowest BCUT2D eigenvalue weighted by Gasteiger charge is -2.34. The summed E-state index contributed by atoms with van der Waals surface area (Å²) in [5.74, 6) is 1.08. The zero-order valence-corrected chi connectivity index (χ0v) is 16.2. The molecule has 1 atom stereocenters. The van der Waals surface area contributed by atoms with Crippen LogP contribution in [-0.4, -0.2) is 78.7 Å². The predicted molar refractivity (Wildman–Crippen MR) is 102 cm³/mol.